The van der Waals surface area contributed by atoms with E-state index < -0.39 is 10.0 Å². The zero-order valence-corrected chi connectivity index (χ0v) is 20.3. The number of thiophene rings is 1. The van der Waals surface area contributed by atoms with Crippen molar-refractivity contribution in [2.75, 3.05) is 39.4 Å². The molecule has 168 valence electrons. The lowest BCUT2D eigenvalue weighted by molar-refractivity contribution is -0.122. The SMILES string of the molecule is C=CCN(CC(=O)NCc1ccc(S(=O)(=O)N2CCOCC2)cc1)Cc1ccc(Br)s1. The number of hydrogen-bond acceptors (Lipinski definition) is 6. The number of rotatable bonds is 10. The number of nitrogens with one attached hydrogen (secondary N) is 1. The van der Waals surface area contributed by atoms with Crippen LogP contribution in [-0.2, 0) is 32.6 Å². The van der Waals surface area contributed by atoms with E-state index in [0.29, 0.717) is 45.9 Å². The molecule has 1 aliphatic rings. The zero-order chi connectivity index (χ0) is 22.3. The van der Waals surface area contributed by atoms with Crippen molar-refractivity contribution in [2.45, 2.75) is 18.0 Å². The van der Waals surface area contributed by atoms with Gasteiger partial charge in [0, 0.05) is 37.6 Å². The van der Waals surface area contributed by atoms with Crippen molar-refractivity contribution in [3.8, 4) is 0 Å². The number of halogens is 1. The Morgan fingerprint density at radius 3 is 2.55 bits per heavy atom. The van der Waals surface area contributed by atoms with Crippen molar-refractivity contribution < 1.29 is 17.9 Å². The lowest BCUT2D eigenvalue weighted by atomic mass is 10.2. The van der Waals surface area contributed by atoms with Gasteiger partial charge in [-0.1, -0.05) is 18.2 Å². The summed E-state index contributed by atoms with van der Waals surface area (Å²) in [6, 6.07) is 10.7. The molecule has 2 heterocycles. The van der Waals surface area contributed by atoms with E-state index in [1.165, 1.54) is 9.18 Å². The van der Waals surface area contributed by atoms with Crippen LogP contribution in [0.3, 0.4) is 0 Å². The van der Waals surface area contributed by atoms with Gasteiger partial charge in [0.2, 0.25) is 15.9 Å². The fourth-order valence-electron chi connectivity index (χ4n) is 3.20. The van der Waals surface area contributed by atoms with Gasteiger partial charge in [-0.05, 0) is 45.8 Å². The Hall–Kier alpha value is -1.56. The Morgan fingerprint density at radius 1 is 1.23 bits per heavy atom. The van der Waals surface area contributed by atoms with Crippen LogP contribution in [0.2, 0.25) is 0 Å². The molecule has 1 amide bonds. The first kappa shape index (κ1) is 24.1. The minimum Gasteiger partial charge on any atom is -0.379 e. The highest BCUT2D eigenvalue weighted by molar-refractivity contribution is 9.11. The Bertz CT molecular complexity index is 986. The molecule has 31 heavy (non-hydrogen) atoms. The highest BCUT2D eigenvalue weighted by Gasteiger charge is 2.26. The standard InChI is InChI=1S/C21H26BrN3O4S2/c1-2-9-24(15-18-5-8-20(22)30-18)16-21(26)23-14-17-3-6-19(7-4-17)31(27,28)25-10-12-29-13-11-25/h2-8H,1,9-16H2,(H,23,26). The van der Waals surface area contributed by atoms with E-state index in [1.54, 1.807) is 41.7 Å². The van der Waals surface area contributed by atoms with Crippen molar-refractivity contribution in [1.82, 2.24) is 14.5 Å². The number of carbonyl (C=O) groups is 1. The van der Waals surface area contributed by atoms with Gasteiger partial charge in [0.05, 0.1) is 28.4 Å². The van der Waals surface area contributed by atoms with Crippen molar-refractivity contribution in [3.05, 3.63) is 63.3 Å². The van der Waals surface area contributed by atoms with Crippen LogP contribution < -0.4 is 5.32 Å². The third-order valence-electron chi connectivity index (χ3n) is 4.78. The fraction of sp³-hybridized carbons (Fsp3) is 0.381. The molecular formula is C21H26BrN3O4S2. The number of nitrogens with zero attached hydrogens (tertiary/aromatic N) is 2. The number of sulfonamides is 1. The van der Waals surface area contributed by atoms with E-state index >= 15 is 0 Å². The van der Waals surface area contributed by atoms with Crippen LogP contribution in [-0.4, -0.2) is 62.9 Å². The number of morpholine rings is 1. The molecule has 0 aliphatic carbocycles. The smallest absolute Gasteiger partial charge is 0.243 e. The maximum atomic E-state index is 12.7. The lowest BCUT2D eigenvalue weighted by Crippen LogP contribution is -2.40. The second-order valence-electron chi connectivity index (χ2n) is 7.10. The Kier molecular flexibility index (Phi) is 8.82. The van der Waals surface area contributed by atoms with Gasteiger partial charge in [0.15, 0.2) is 0 Å². The molecule has 2 aromatic rings. The van der Waals surface area contributed by atoms with E-state index in [2.05, 4.69) is 27.8 Å². The van der Waals surface area contributed by atoms with E-state index in [0.717, 1.165) is 9.35 Å². The lowest BCUT2D eigenvalue weighted by Gasteiger charge is -2.26. The molecule has 1 aromatic carbocycles. The van der Waals surface area contributed by atoms with E-state index in [9.17, 15) is 13.2 Å². The summed E-state index contributed by atoms with van der Waals surface area (Å²) in [5.74, 6) is -0.0949. The summed E-state index contributed by atoms with van der Waals surface area (Å²) in [5, 5.41) is 2.90. The molecule has 1 N–H and O–H groups in total. The van der Waals surface area contributed by atoms with Crippen molar-refractivity contribution in [1.29, 1.82) is 0 Å². The van der Waals surface area contributed by atoms with Crippen LogP contribution in [0.4, 0.5) is 0 Å². The van der Waals surface area contributed by atoms with Gasteiger partial charge in [-0.3, -0.25) is 9.69 Å². The molecule has 1 aliphatic heterocycles. The maximum absolute atomic E-state index is 12.7. The van der Waals surface area contributed by atoms with Crippen LogP contribution in [0.5, 0.6) is 0 Å². The van der Waals surface area contributed by atoms with Gasteiger partial charge in [-0.25, -0.2) is 8.42 Å². The van der Waals surface area contributed by atoms with Gasteiger partial charge in [0.1, 0.15) is 0 Å². The summed E-state index contributed by atoms with van der Waals surface area (Å²) in [6.45, 7) is 7.20. The van der Waals surface area contributed by atoms with Crippen molar-refractivity contribution in [2.24, 2.45) is 0 Å². The summed E-state index contributed by atoms with van der Waals surface area (Å²) >= 11 is 5.10. The molecule has 0 saturated carbocycles. The molecular weight excluding hydrogens is 502 g/mol. The average Bonchev–Trinajstić information content (AvgIpc) is 3.18. The van der Waals surface area contributed by atoms with Gasteiger partial charge < -0.3 is 10.1 Å². The van der Waals surface area contributed by atoms with Crippen LogP contribution in [0.15, 0.2) is 57.7 Å². The summed E-state index contributed by atoms with van der Waals surface area (Å²) < 4.78 is 33.1. The topological polar surface area (TPSA) is 79.0 Å². The van der Waals surface area contributed by atoms with Gasteiger partial charge in [-0.2, -0.15) is 4.31 Å². The number of carbonyl (C=O) groups excluding carboxylic acids is 1. The first-order chi connectivity index (χ1) is 14.9. The van der Waals surface area contributed by atoms with Crippen LogP contribution in [0, 0.1) is 0 Å². The first-order valence-electron chi connectivity index (χ1n) is 9.89. The molecule has 10 heteroatoms. The normalized spacial score (nSPS) is 15.2. The number of ether oxygens (including phenoxy) is 1. The summed E-state index contributed by atoms with van der Waals surface area (Å²) in [7, 11) is -3.51. The minimum atomic E-state index is -3.51. The first-order valence-corrected chi connectivity index (χ1v) is 12.9. The van der Waals surface area contributed by atoms with Crippen molar-refractivity contribution >= 4 is 43.2 Å². The molecule has 0 atom stereocenters. The Balaban J connectivity index is 1.52. The van der Waals surface area contributed by atoms with Gasteiger partial charge in [0.25, 0.3) is 0 Å². The minimum absolute atomic E-state index is 0.0949. The molecule has 0 unspecified atom stereocenters. The molecule has 0 spiro atoms. The summed E-state index contributed by atoms with van der Waals surface area (Å²) in [4.78, 5) is 15.9. The molecule has 0 radical (unpaired) electrons. The quantitative estimate of drug-likeness (QED) is 0.480. The molecule has 1 fully saturated rings. The Morgan fingerprint density at radius 2 is 1.94 bits per heavy atom. The third-order valence-corrected chi connectivity index (χ3v) is 8.30. The molecule has 1 aromatic heterocycles. The van der Waals surface area contributed by atoms with Crippen molar-refractivity contribution in [3.63, 3.8) is 0 Å². The highest BCUT2D eigenvalue weighted by atomic mass is 79.9. The second kappa shape index (κ2) is 11.3. The molecule has 3 rings (SSSR count). The average molecular weight is 528 g/mol. The zero-order valence-electron chi connectivity index (χ0n) is 17.1. The molecule has 1 saturated heterocycles. The van der Waals surface area contributed by atoms with Gasteiger partial charge in [-0.15, -0.1) is 17.9 Å². The monoisotopic (exact) mass is 527 g/mol. The predicted octanol–water partition coefficient (Wildman–Crippen LogP) is 2.84. The highest BCUT2D eigenvalue weighted by Crippen LogP contribution is 2.23. The summed E-state index contributed by atoms with van der Waals surface area (Å²) in [6.07, 6.45) is 1.78. The molecule has 0 bridgehead atoms. The third kappa shape index (κ3) is 6.96. The predicted molar refractivity (Wildman–Crippen MR) is 125 cm³/mol. The molecule has 7 nitrogen and oxygen atoms in total. The Labute approximate surface area is 195 Å². The number of hydrogen-bond donors (Lipinski definition) is 1. The maximum Gasteiger partial charge on any atom is 0.243 e. The number of amides is 1. The van der Waals surface area contributed by atoms with E-state index in [4.69, 9.17) is 4.74 Å². The van der Waals surface area contributed by atoms with E-state index in [-0.39, 0.29) is 17.3 Å². The van der Waals surface area contributed by atoms with Gasteiger partial charge >= 0.3 is 0 Å². The van der Waals surface area contributed by atoms with E-state index in [1.807, 2.05) is 17.0 Å². The van der Waals surface area contributed by atoms with Crippen LogP contribution >= 0.6 is 27.3 Å². The summed E-state index contributed by atoms with van der Waals surface area (Å²) in [5.41, 5.74) is 0.840. The fourth-order valence-corrected chi connectivity index (χ4v) is 6.13. The van der Waals surface area contributed by atoms with Crippen LogP contribution in [0.25, 0.3) is 0 Å². The van der Waals surface area contributed by atoms with Crippen LogP contribution in [0.1, 0.15) is 10.4 Å². The number of benzene rings is 1. The largest absolute Gasteiger partial charge is 0.379 e. The second-order valence-corrected chi connectivity index (χ2v) is 11.6.